The van der Waals surface area contributed by atoms with E-state index in [1.54, 1.807) is 6.07 Å². The number of carboxylic acid groups (broad SMARTS) is 1. The molecule has 1 aliphatic heterocycles. The first-order chi connectivity index (χ1) is 9.24. The molecule has 0 amide bonds. The van der Waals surface area contributed by atoms with Crippen LogP contribution in [0.25, 0.3) is 0 Å². The van der Waals surface area contributed by atoms with Crippen LogP contribution in [0, 0.1) is 5.92 Å². The van der Waals surface area contributed by atoms with Gasteiger partial charge in [0.2, 0.25) is 6.79 Å². The van der Waals surface area contributed by atoms with Crippen molar-refractivity contribution in [3.05, 3.63) is 17.7 Å². The largest absolute Gasteiger partial charge is 0.492 e. The van der Waals surface area contributed by atoms with Crippen LogP contribution in [0.4, 0.5) is 0 Å². The van der Waals surface area contributed by atoms with E-state index in [1.165, 1.54) is 18.9 Å². The molecule has 0 spiro atoms. The predicted octanol–water partition coefficient (Wildman–Crippen LogP) is 2.68. The molecular formula is C14H16O5. The molecule has 1 N–H and O–H groups in total. The van der Waals surface area contributed by atoms with Crippen molar-refractivity contribution in [2.24, 2.45) is 5.92 Å². The van der Waals surface area contributed by atoms with Gasteiger partial charge in [0.15, 0.2) is 11.5 Å². The standard InChI is InChI=1S/C14H16O5/c15-14(16)10-5-12-13(19-8-18-12)6-11(10)17-7-9-3-1-2-4-9/h5-6,9H,1-4,7-8H2,(H,15,16). The number of carbonyl (C=O) groups is 1. The van der Waals surface area contributed by atoms with E-state index in [4.69, 9.17) is 14.2 Å². The molecule has 0 unspecified atom stereocenters. The van der Waals surface area contributed by atoms with Crippen LogP contribution in [0.1, 0.15) is 36.0 Å². The fourth-order valence-electron chi connectivity index (χ4n) is 2.59. The molecule has 1 aromatic rings. The van der Waals surface area contributed by atoms with Gasteiger partial charge in [0, 0.05) is 12.1 Å². The number of fused-ring (bicyclic) bond motifs is 1. The summed E-state index contributed by atoms with van der Waals surface area (Å²) >= 11 is 0. The first kappa shape index (κ1) is 12.1. The topological polar surface area (TPSA) is 65.0 Å². The Hall–Kier alpha value is -1.91. The van der Waals surface area contributed by atoms with Gasteiger partial charge in [0.1, 0.15) is 11.3 Å². The molecule has 1 aliphatic carbocycles. The molecule has 1 heterocycles. The first-order valence-electron chi connectivity index (χ1n) is 6.54. The molecule has 2 aliphatic rings. The smallest absolute Gasteiger partial charge is 0.339 e. The van der Waals surface area contributed by atoms with Crippen molar-refractivity contribution in [2.45, 2.75) is 25.7 Å². The van der Waals surface area contributed by atoms with Gasteiger partial charge >= 0.3 is 5.97 Å². The summed E-state index contributed by atoms with van der Waals surface area (Å²) in [5.41, 5.74) is 0.127. The van der Waals surface area contributed by atoms with Gasteiger partial charge in [0.25, 0.3) is 0 Å². The summed E-state index contributed by atoms with van der Waals surface area (Å²) < 4.78 is 16.1. The Bertz CT molecular complexity index is 491. The lowest BCUT2D eigenvalue weighted by Gasteiger charge is -2.13. The normalized spacial score (nSPS) is 17.7. The summed E-state index contributed by atoms with van der Waals surface area (Å²) in [5.74, 6) is 0.896. The number of benzene rings is 1. The summed E-state index contributed by atoms with van der Waals surface area (Å²) in [5, 5.41) is 9.21. The van der Waals surface area contributed by atoms with E-state index in [0.717, 1.165) is 12.8 Å². The van der Waals surface area contributed by atoms with Gasteiger partial charge in [-0.15, -0.1) is 0 Å². The zero-order valence-electron chi connectivity index (χ0n) is 10.6. The maximum absolute atomic E-state index is 11.2. The Balaban J connectivity index is 1.80. The van der Waals surface area contributed by atoms with E-state index in [0.29, 0.717) is 29.8 Å². The van der Waals surface area contributed by atoms with E-state index in [9.17, 15) is 9.90 Å². The van der Waals surface area contributed by atoms with Crippen molar-refractivity contribution in [3.8, 4) is 17.2 Å². The van der Waals surface area contributed by atoms with E-state index in [-0.39, 0.29) is 12.4 Å². The average Bonchev–Trinajstić information content (AvgIpc) is 3.05. The quantitative estimate of drug-likeness (QED) is 0.905. The van der Waals surface area contributed by atoms with Crippen LogP contribution in [0.15, 0.2) is 12.1 Å². The lowest BCUT2D eigenvalue weighted by molar-refractivity contribution is 0.0691. The maximum atomic E-state index is 11.2. The number of hydrogen-bond acceptors (Lipinski definition) is 4. The summed E-state index contributed by atoms with van der Waals surface area (Å²) in [4.78, 5) is 11.2. The molecule has 102 valence electrons. The van der Waals surface area contributed by atoms with Crippen molar-refractivity contribution in [2.75, 3.05) is 13.4 Å². The average molecular weight is 264 g/mol. The zero-order chi connectivity index (χ0) is 13.2. The number of ether oxygens (including phenoxy) is 3. The van der Waals surface area contributed by atoms with Crippen molar-refractivity contribution in [1.29, 1.82) is 0 Å². The fourth-order valence-corrected chi connectivity index (χ4v) is 2.59. The highest BCUT2D eigenvalue weighted by Gasteiger charge is 2.23. The zero-order valence-corrected chi connectivity index (χ0v) is 10.6. The Morgan fingerprint density at radius 3 is 2.63 bits per heavy atom. The first-order valence-corrected chi connectivity index (χ1v) is 6.54. The van der Waals surface area contributed by atoms with Crippen LogP contribution in [0.3, 0.4) is 0 Å². The molecule has 0 bridgehead atoms. The third-order valence-electron chi connectivity index (χ3n) is 3.65. The molecule has 0 atom stereocenters. The van der Waals surface area contributed by atoms with Crippen molar-refractivity contribution >= 4 is 5.97 Å². The van der Waals surface area contributed by atoms with E-state index in [1.807, 2.05) is 0 Å². The molecule has 0 radical (unpaired) electrons. The molecule has 0 aromatic heterocycles. The Morgan fingerprint density at radius 2 is 1.95 bits per heavy atom. The van der Waals surface area contributed by atoms with Crippen LogP contribution in [0.2, 0.25) is 0 Å². The second-order valence-corrected chi connectivity index (χ2v) is 4.97. The molecule has 0 saturated heterocycles. The van der Waals surface area contributed by atoms with Crippen molar-refractivity contribution in [3.63, 3.8) is 0 Å². The molecule has 1 aromatic carbocycles. The second-order valence-electron chi connectivity index (χ2n) is 4.97. The van der Waals surface area contributed by atoms with Crippen molar-refractivity contribution < 1.29 is 24.1 Å². The lowest BCUT2D eigenvalue weighted by atomic mass is 10.1. The number of aromatic carboxylic acids is 1. The Kier molecular flexibility index (Phi) is 3.19. The van der Waals surface area contributed by atoms with E-state index >= 15 is 0 Å². The van der Waals surface area contributed by atoms with Crippen LogP contribution in [0.5, 0.6) is 17.2 Å². The van der Waals surface area contributed by atoms with Gasteiger partial charge < -0.3 is 19.3 Å². The van der Waals surface area contributed by atoms with Crippen LogP contribution >= 0.6 is 0 Å². The minimum Gasteiger partial charge on any atom is -0.492 e. The summed E-state index contributed by atoms with van der Waals surface area (Å²) in [7, 11) is 0. The van der Waals surface area contributed by atoms with Gasteiger partial charge in [-0.3, -0.25) is 0 Å². The van der Waals surface area contributed by atoms with Gasteiger partial charge in [0.05, 0.1) is 6.61 Å². The maximum Gasteiger partial charge on any atom is 0.339 e. The highest BCUT2D eigenvalue weighted by molar-refractivity contribution is 5.92. The van der Waals surface area contributed by atoms with E-state index < -0.39 is 5.97 Å². The van der Waals surface area contributed by atoms with Gasteiger partial charge in [-0.2, -0.15) is 0 Å². The van der Waals surface area contributed by atoms with Crippen LogP contribution < -0.4 is 14.2 Å². The molecule has 5 heteroatoms. The van der Waals surface area contributed by atoms with Gasteiger partial charge in [-0.25, -0.2) is 4.79 Å². The van der Waals surface area contributed by atoms with Crippen LogP contribution in [-0.4, -0.2) is 24.5 Å². The summed E-state index contributed by atoms with van der Waals surface area (Å²) in [6.45, 7) is 0.695. The molecule has 1 fully saturated rings. The monoisotopic (exact) mass is 264 g/mol. The third kappa shape index (κ3) is 2.45. The number of hydrogen-bond donors (Lipinski definition) is 1. The predicted molar refractivity (Wildman–Crippen MR) is 67.0 cm³/mol. The second kappa shape index (κ2) is 4.99. The minimum absolute atomic E-state index is 0.125. The molecular weight excluding hydrogens is 248 g/mol. The third-order valence-corrected chi connectivity index (χ3v) is 3.65. The SMILES string of the molecule is O=C(O)c1cc2c(cc1OCC1CCCC1)OCO2. The number of rotatable bonds is 4. The minimum atomic E-state index is -1.01. The van der Waals surface area contributed by atoms with Crippen molar-refractivity contribution in [1.82, 2.24) is 0 Å². The molecule has 1 saturated carbocycles. The Morgan fingerprint density at radius 1 is 1.26 bits per heavy atom. The fraction of sp³-hybridized carbons (Fsp3) is 0.500. The highest BCUT2D eigenvalue weighted by atomic mass is 16.7. The Labute approximate surface area is 111 Å². The van der Waals surface area contributed by atoms with Gasteiger partial charge in [-0.05, 0) is 18.8 Å². The summed E-state index contributed by atoms with van der Waals surface area (Å²) in [6, 6.07) is 3.08. The lowest BCUT2D eigenvalue weighted by Crippen LogP contribution is -2.10. The summed E-state index contributed by atoms with van der Waals surface area (Å²) in [6.07, 6.45) is 4.79. The van der Waals surface area contributed by atoms with Gasteiger partial charge in [-0.1, -0.05) is 12.8 Å². The highest BCUT2D eigenvalue weighted by Crippen LogP contribution is 2.38. The number of carboxylic acids is 1. The molecule has 19 heavy (non-hydrogen) atoms. The molecule has 5 nitrogen and oxygen atoms in total. The van der Waals surface area contributed by atoms with Crippen LogP contribution in [-0.2, 0) is 0 Å². The van der Waals surface area contributed by atoms with E-state index in [2.05, 4.69) is 0 Å². The molecule has 3 rings (SSSR count).